The molecular weight excluding hydrogens is 184 g/mol. The lowest BCUT2D eigenvalue weighted by Crippen LogP contribution is -1.88. The van der Waals surface area contributed by atoms with Crippen molar-refractivity contribution < 1.29 is 4.42 Å². The smallest absolute Gasteiger partial charge is 0.0940 e. The van der Waals surface area contributed by atoms with E-state index in [1.54, 1.807) is 0 Å². The molecule has 1 heteroatoms. The average molecular weight is 206 g/mol. The van der Waals surface area contributed by atoms with Gasteiger partial charge in [-0.05, 0) is 36.8 Å². The fourth-order valence-corrected chi connectivity index (χ4v) is 1.69. The first kappa shape index (κ1) is 12.1. The lowest BCUT2D eigenvalue weighted by Gasteiger charge is -1.99. The van der Waals surface area contributed by atoms with Gasteiger partial charge in [-0.1, -0.05) is 38.8 Å². The van der Waals surface area contributed by atoms with Gasteiger partial charge >= 0.3 is 0 Å². The molecule has 0 aliphatic carbocycles. The van der Waals surface area contributed by atoms with Crippen LogP contribution in [-0.4, -0.2) is 0 Å². The Morgan fingerprint density at radius 2 is 1.87 bits per heavy atom. The van der Waals surface area contributed by atoms with E-state index in [0.29, 0.717) is 0 Å². The largest absolute Gasteiger partial charge is 0.472 e. The van der Waals surface area contributed by atoms with E-state index in [-0.39, 0.29) is 0 Å². The second-order valence-electron chi connectivity index (χ2n) is 3.96. The zero-order valence-electron chi connectivity index (χ0n) is 9.96. The fraction of sp³-hybridized carbons (Fsp3) is 0.571. The summed E-state index contributed by atoms with van der Waals surface area (Å²) >= 11 is 0. The molecule has 1 heterocycles. The van der Waals surface area contributed by atoms with Crippen molar-refractivity contribution in [2.75, 3.05) is 0 Å². The lowest BCUT2D eigenvalue weighted by molar-refractivity contribution is 0.560. The molecule has 15 heavy (non-hydrogen) atoms. The highest BCUT2D eigenvalue weighted by Crippen LogP contribution is 2.15. The Hall–Kier alpha value is -0.980. The first-order chi connectivity index (χ1) is 7.38. The number of unbranched alkanes of at least 4 members (excludes halogenated alkanes) is 2. The highest BCUT2D eigenvalue weighted by atomic mass is 16.3. The third-order valence-electron chi connectivity index (χ3n) is 2.62. The Morgan fingerprint density at radius 1 is 1.07 bits per heavy atom. The molecule has 0 amide bonds. The molecule has 84 valence electrons. The van der Waals surface area contributed by atoms with Gasteiger partial charge in [0.05, 0.1) is 12.5 Å². The number of furan rings is 1. The van der Waals surface area contributed by atoms with Crippen molar-refractivity contribution in [1.29, 1.82) is 0 Å². The minimum atomic E-state index is 1.02. The number of hydrogen-bond donors (Lipinski definition) is 0. The summed E-state index contributed by atoms with van der Waals surface area (Å²) in [5, 5.41) is 0. The maximum Gasteiger partial charge on any atom is 0.0940 e. The maximum absolute atomic E-state index is 5.27. The average Bonchev–Trinajstić information content (AvgIpc) is 2.67. The number of hydrogen-bond acceptors (Lipinski definition) is 1. The van der Waals surface area contributed by atoms with Crippen LogP contribution < -0.4 is 0 Å². The standard InChI is InChI=1S/C14H22O/c1-3-5-7-9-13-11-15-12-14(13)10-8-6-4-2/h5,7,11-12H,3-4,6,8-10H2,1-2H3/b7-5+. The van der Waals surface area contributed by atoms with Gasteiger partial charge in [-0.2, -0.15) is 0 Å². The summed E-state index contributed by atoms with van der Waals surface area (Å²) in [5.74, 6) is 0. The van der Waals surface area contributed by atoms with Gasteiger partial charge in [-0.15, -0.1) is 0 Å². The van der Waals surface area contributed by atoms with Gasteiger partial charge in [0.25, 0.3) is 0 Å². The van der Waals surface area contributed by atoms with Crippen LogP contribution in [0.4, 0.5) is 0 Å². The van der Waals surface area contributed by atoms with Crippen LogP contribution in [0.25, 0.3) is 0 Å². The van der Waals surface area contributed by atoms with Crippen LogP contribution in [0, 0.1) is 0 Å². The minimum absolute atomic E-state index is 1.02. The van der Waals surface area contributed by atoms with Crippen molar-refractivity contribution in [3.05, 3.63) is 35.8 Å². The lowest BCUT2D eigenvalue weighted by atomic mass is 10.0. The maximum atomic E-state index is 5.27. The van der Waals surface area contributed by atoms with Gasteiger partial charge < -0.3 is 4.42 Å². The molecule has 0 bridgehead atoms. The van der Waals surface area contributed by atoms with Gasteiger partial charge in [-0.3, -0.25) is 0 Å². The quantitative estimate of drug-likeness (QED) is 0.472. The predicted octanol–water partition coefficient (Wildman–Crippen LogP) is 4.52. The van der Waals surface area contributed by atoms with E-state index in [0.717, 1.165) is 12.8 Å². The monoisotopic (exact) mass is 206 g/mol. The summed E-state index contributed by atoms with van der Waals surface area (Å²) in [6.07, 6.45) is 15.4. The summed E-state index contributed by atoms with van der Waals surface area (Å²) in [4.78, 5) is 0. The van der Waals surface area contributed by atoms with E-state index in [9.17, 15) is 0 Å². The van der Waals surface area contributed by atoms with Gasteiger partial charge in [-0.25, -0.2) is 0 Å². The molecule has 0 fully saturated rings. The topological polar surface area (TPSA) is 13.1 Å². The molecule has 0 atom stereocenters. The van der Waals surface area contributed by atoms with Crippen molar-refractivity contribution in [3.8, 4) is 0 Å². The second kappa shape index (κ2) is 7.33. The first-order valence-corrected chi connectivity index (χ1v) is 6.07. The number of aryl methyl sites for hydroxylation is 1. The van der Waals surface area contributed by atoms with Crippen LogP contribution in [0.5, 0.6) is 0 Å². The van der Waals surface area contributed by atoms with Gasteiger partial charge in [0.2, 0.25) is 0 Å². The van der Waals surface area contributed by atoms with Crippen LogP contribution in [0.1, 0.15) is 50.7 Å². The molecular formula is C14H22O. The Balaban J connectivity index is 2.42. The van der Waals surface area contributed by atoms with Gasteiger partial charge in [0.1, 0.15) is 0 Å². The van der Waals surface area contributed by atoms with Gasteiger partial charge in [0.15, 0.2) is 0 Å². The zero-order chi connectivity index (χ0) is 10.9. The van der Waals surface area contributed by atoms with E-state index < -0.39 is 0 Å². The van der Waals surface area contributed by atoms with Crippen molar-refractivity contribution in [1.82, 2.24) is 0 Å². The summed E-state index contributed by atoms with van der Waals surface area (Å²) < 4.78 is 5.27. The molecule has 0 spiro atoms. The first-order valence-electron chi connectivity index (χ1n) is 6.07. The molecule has 0 radical (unpaired) electrons. The summed E-state index contributed by atoms with van der Waals surface area (Å²) in [6, 6.07) is 0. The van der Waals surface area contributed by atoms with E-state index in [1.807, 2.05) is 12.5 Å². The molecule has 0 aliphatic heterocycles. The van der Waals surface area contributed by atoms with Crippen LogP contribution in [0.15, 0.2) is 29.1 Å². The highest BCUT2D eigenvalue weighted by Gasteiger charge is 2.02. The van der Waals surface area contributed by atoms with Crippen molar-refractivity contribution in [3.63, 3.8) is 0 Å². The normalized spacial score (nSPS) is 11.3. The Labute approximate surface area is 93.2 Å². The molecule has 0 unspecified atom stereocenters. The molecule has 0 aliphatic rings. The van der Waals surface area contributed by atoms with E-state index in [1.165, 1.54) is 36.8 Å². The Bertz CT molecular complexity index is 283. The molecule has 1 aromatic heterocycles. The van der Waals surface area contributed by atoms with E-state index in [4.69, 9.17) is 4.42 Å². The zero-order valence-corrected chi connectivity index (χ0v) is 9.96. The summed E-state index contributed by atoms with van der Waals surface area (Å²) in [6.45, 7) is 4.40. The van der Waals surface area contributed by atoms with E-state index in [2.05, 4.69) is 26.0 Å². The highest BCUT2D eigenvalue weighted by molar-refractivity contribution is 5.23. The fourth-order valence-electron chi connectivity index (χ4n) is 1.69. The van der Waals surface area contributed by atoms with Crippen LogP contribution >= 0.6 is 0 Å². The third-order valence-corrected chi connectivity index (χ3v) is 2.62. The third kappa shape index (κ3) is 4.37. The van der Waals surface area contributed by atoms with Crippen molar-refractivity contribution in [2.24, 2.45) is 0 Å². The molecule has 1 nitrogen and oxygen atoms in total. The number of allylic oxidation sites excluding steroid dienone is 2. The van der Waals surface area contributed by atoms with Crippen LogP contribution in [0.3, 0.4) is 0 Å². The van der Waals surface area contributed by atoms with E-state index >= 15 is 0 Å². The molecule has 1 aromatic rings. The Morgan fingerprint density at radius 3 is 2.60 bits per heavy atom. The molecule has 0 N–H and O–H groups in total. The minimum Gasteiger partial charge on any atom is -0.472 e. The Kier molecular flexibility index (Phi) is 5.91. The van der Waals surface area contributed by atoms with Crippen molar-refractivity contribution >= 4 is 0 Å². The van der Waals surface area contributed by atoms with Crippen LogP contribution in [0.2, 0.25) is 0 Å². The second-order valence-corrected chi connectivity index (χ2v) is 3.96. The molecule has 0 aromatic carbocycles. The van der Waals surface area contributed by atoms with Crippen LogP contribution in [-0.2, 0) is 12.8 Å². The number of rotatable bonds is 7. The molecule has 0 saturated carbocycles. The molecule has 0 saturated heterocycles. The SMILES string of the molecule is CC/C=C/Cc1cocc1CCCCC. The van der Waals surface area contributed by atoms with Gasteiger partial charge in [0, 0.05) is 0 Å². The predicted molar refractivity (Wildman–Crippen MR) is 65.1 cm³/mol. The van der Waals surface area contributed by atoms with Crippen molar-refractivity contribution in [2.45, 2.75) is 52.4 Å². The summed E-state index contributed by atoms with van der Waals surface area (Å²) in [5.41, 5.74) is 2.75. The summed E-state index contributed by atoms with van der Waals surface area (Å²) in [7, 11) is 0. The molecule has 1 rings (SSSR count).